The molecule has 1 aromatic rings. The van der Waals surface area contributed by atoms with E-state index >= 15 is 0 Å². The lowest BCUT2D eigenvalue weighted by Crippen LogP contribution is -2.39. The summed E-state index contributed by atoms with van der Waals surface area (Å²) in [6.45, 7) is 0.416. The van der Waals surface area contributed by atoms with Gasteiger partial charge >= 0.3 is 6.18 Å². The highest BCUT2D eigenvalue weighted by molar-refractivity contribution is 5.60. The van der Waals surface area contributed by atoms with Gasteiger partial charge in [-0.05, 0) is 30.5 Å². The summed E-state index contributed by atoms with van der Waals surface area (Å²) in [5, 5.41) is 18.1. The average molecular weight is 284 g/mol. The van der Waals surface area contributed by atoms with E-state index in [9.17, 15) is 13.2 Å². The second-order valence-electron chi connectivity index (χ2n) is 4.92. The largest absolute Gasteiger partial charge is 0.392 e. The van der Waals surface area contributed by atoms with Crippen LogP contribution < -0.4 is 4.90 Å². The Balaban J connectivity index is 2.13. The van der Waals surface area contributed by atoms with Gasteiger partial charge in [-0.2, -0.15) is 18.4 Å². The van der Waals surface area contributed by atoms with Crippen LogP contribution in [0.5, 0.6) is 0 Å². The SMILES string of the molecule is N#Cc1cc(CO)ccc1N1CCC(C(F)(F)F)CC1. The Morgan fingerprint density at radius 1 is 1.30 bits per heavy atom. The van der Waals surface area contributed by atoms with Crippen molar-refractivity contribution in [1.29, 1.82) is 5.26 Å². The van der Waals surface area contributed by atoms with Crippen LogP contribution in [0.1, 0.15) is 24.0 Å². The highest BCUT2D eigenvalue weighted by Gasteiger charge is 2.41. The number of nitriles is 1. The van der Waals surface area contributed by atoms with Crippen molar-refractivity contribution in [2.75, 3.05) is 18.0 Å². The summed E-state index contributed by atoms with van der Waals surface area (Å²) >= 11 is 0. The van der Waals surface area contributed by atoms with Gasteiger partial charge in [-0.1, -0.05) is 6.07 Å². The van der Waals surface area contributed by atoms with Crippen molar-refractivity contribution in [3.8, 4) is 6.07 Å². The number of piperidine rings is 1. The van der Waals surface area contributed by atoms with Crippen LogP contribution in [0, 0.1) is 17.2 Å². The molecule has 0 aromatic heterocycles. The fourth-order valence-corrected chi connectivity index (χ4v) is 2.49. The number of aliphatic hydroxyl groups excluding tert-OH is 1. The van der Waals surface area contributed by atoms with Gasteiger partial charge in [0.05, 0.1) is 23.8 Å². The molecule has 1 saturated heterocycles. The lowest BCUT2D eigenvalue weighted by Gasteiger charge is -2.34. The summed E-state index contributed by atoms with van der Waals surface area (Å²) in [5.74, 6) is -1.25. The Labute approximate surface area is 115 Å². The summed E-state index contributed by atoms with van der Waals surface area (Å²) in [5.41, 5.74) is 1.66. The van der Waals surface area contributed by atoms with Crippen molar-refractivity contribution in [1.82, 2.24) is 0 Å². The van der Waals surface area contributed by atoms with Crippen molar-refractivity contribution < 1.29 is 18.3 Å². The average Bonchev–Trinajstić information content (AvgIpc) is 2.45. The second-order valence-corrected chi connectivity index (χ2v) is 4.92. The van der Waals surface area contributed by atoms with Gasteiger partial charge in [-0.3, -0.25) is 0 Å². The molecule has 0 saturated carbocycles. The molecule has 6 heteroatoms. The maximum atomic E-state index is 12.6. The molecule has 2 rings (SSSR count). The van der Waals surface area contributed by atoms with E-state index in [0.717, 1.165) is 0 Å². The molecule has 108 valence electrons. The third-order valence-electron chi connectivity index (χ3n) is 3.66. The minimum atomic E-state index is -4.13. The molecule has 0 atom stereocenters. The second kappa shape index (κ2) is 5.71. The standard InChI is InChI=1S/C14H15F3N2O/c15-14(16,17)12-3-5-19(6-4-12)13-2-1-10(9-20)7-11(13)8-18/h1-2,7,12,20H,3-6,9H2. The quantitative estimate of drug-likeness (QED) is 0.908. The van der Waals surface area contributed by atoms with Gasteiger partial charge in [0, 0.05) is 13.1 Å². The number of benzene rings is 1. The molecule has 0 amide bonds. The van der Waals surface area contributed by atoms with Crippen LogP contribution in [-0.2, 0) is 6.61 Å². The monoisotopic (exact) mass is 284 g/mol. The lowest BCUT2D eigenvalue weighted by atomic mass is 9.95. The molecule has 0 spiro atoms. The Morgan fingerprint density at radius 2 is 1.95 bits per heavy atom. The molecular formula is C14H15F3N2O. The number of rotatable bonds is 2. The molecule has 0 aliphatic carbocycles. The highest BCUT2D eigenvalue weighted by Crippen LogP contribution is 2.36. The molecule has 1 aromatic carbocycles. The molecule has 1 aliphatic rings. The van der Waals surface area contributed by atoms with Crippen molar-refractivity contribution in [2.24, 2.45) is 5.92 Å². The summed E-state index contributed by atoms with van der Waals surface area (Å²) < 4.78 is 37.8. The molecule has 20 heavy (non-hydrogen) atoms. The van der Waals surface area contributed by atoms with Crippen LogP contribution in [-0.4, -0.2) is 24.4 Å². The number of nitrogens with zero attached hydrogens (tertiary/aromatic N) is 2. The topological polar surface area (TPSA) is 47.3 Å². The van der Waals surface area contributed by atoms with Crippen molar-refractivity contribution in [2.45, 2.75) is 25.6 Å². The normalized spacial score (nSPS) is 17.1. The van der Waals surface area contributed by atoms with E-state index in [2.05, 4.69) is 0 Å². The predicted octanol–water partition coefficient (Wildman–Crippen LogP) is 2.83. The zero-order valence-electron chi connectivity index (χ0n) is 10.8. The Kier molecular flexibility index (Phi) is 4.19. The number of alkyl halides is 3. The summed E-state index contributed by atoms with van der Waals surface area (Å²) in [6, 6.07) is 6.99. The fourth-order valence-electron chi connectivity index (χ4n) is 2.49. The van der Waals surface area contributed by atoms with Gasteiger partial charge in [-0.25, -0.2) is 0 Å². The van der Waals surface area contributed by atoms with Gasteiger partial charge < -0.3 is 10.0 Å². The maximum absolute atomic E-state index is 12.6. The van der Waals surface area contributed by atoms with Crippen LogP contribution in [0.25, 0.3) is 0 Å². The van der Waals surface area contributed by atoms with E-state index in [1.165, 1.54) is 0 Å². The van der Waals surface area contributed by atoms with Crippen LogP contribution in [0.4, 0.5) is 18.9 Å². The first-order chi connectivity index (χ1) is 9.45. The van der Waals surface area contributed by atoms with Gasteiger partial charge in [0.25, 0.3) is 0 Å². The summed E-state index contributed by atoms with van der Waals surface area (Å²) in [6.07, 6.45) is -4.03. The van der Waals surface area contributed by atoms with E-state index in [1.807, 2.05) is 11.0 Å². The van der Waals surface area contributed by atoms with Crippen LogP contribution in [0.2, 0.25) is 0 Å². The summed E-state index contributed by atoms with van der Waals surface area (Å²) in [7, 11) is 0. The molecule has 1 aliphatic heterocycles. The number of hydrogen-bond acceptors (Lipinski definition) is 3. The van der Waals surface area contributed by atoms with Gasteiger partial charge in [-0.15, -0.1) is 0 Å². The Hall–Kier alpha value is -1.74. The molecular weight excluding hydrogens is 269 g/mol. The van der Waals surface area contributed by atoms with Crippen molar-refractivity contribution in [3.05, 3.63) is 29.3 Å². The fraction of sp³-hybridized carbons (Fsp3) is 0.500. The number of aliphatic hydroxyl groups is 1. The minimum Gasteiger partial charge on any atom is -0.392 e. The van der Waals surface area contributed by atoms with E-state index < -0.39 is 12.1 Å². The van der Waals surface area contributed by atoms with E-state index in [1.54, 1.807) is 18.2 Å². The van der Waals surface area contributed by atoms with Crippen molar-refractivity contribution >= 4 is 5.69 Å². The van der Waals surface area contributed by atoms with E-state index in [-0.39, 0.29) is 32.5 Å². The molecule has 1 fully saturated rings. The zero-order valence-corrected chi connectivity index (χ0v) is 10.8. The Bertz CT molecular complexity index is 514. The zero-order chi connectivity index (χ0) is 14.8. The molecule has 1 heterocycles. The maximum Gasteiger partial charge on any atom is 0.391 e. The predicted molar refractivity (Wildman–Crippen MR) is 68.1 cm³/mol. The van der Waals surface area contributed by atoms with Gasteiger partial charge in [0.15, 0.2) is 0 Å². The number of anilines is 1. The third-order valence-corrected chi connectivity index (χ3v) is 3.66. The van der Waals surface area contributed by atoms with Crippen LogP contribution in [0.15, 0.2) is 18.2 Å². The molecule has 0 bridgehead atoms. The van der Waals surface area contributed by atoms with Gasteiger partial charge in [0.2, 0.25) is 0 Å². The number of hydrogen-bond donors (Lipinski definition) is 1. The molecule has 0 radical (unpaired) electrons. The van der Waals surface area contributed by atoms with Gasteiger partial charge in [0.1, 0.15) is 6.07 Å². The summed E-state index contributed by atoms with van der Waals surface area (Å²) in [4.78, 5) is 1.81. The van der Waals surface area contributed by atoms with Crippen LogP contribution in [0.3, 0.4) is 0 Å². The first kappa shape index (κ1) is 14.7. The van der Waals surface area contributed by atoms with E-state index in [0.29, 0.717) is 16.8 Å². The molecule has 1 N–H and O–H groups in total. The lowest BCUT2D eigenvalue weighted by molar-refractivity contribution is -0.179. The van der Waals surface area contributed by atoms with E-state index in [4.69, 9.17) is 10.4 Å². The highest BCUT2D eigenvalue weighted by atomic mass is 19.4. The Morgan fingerprint density at radius 3 is 2.45 bits per heavy atom. The van der Waals surface area contributed by atoms with Crippen LogP contribution >= 0.6 is 0 Å². The first-order valence-electron chi connectivity index (χ1n) is 6.41. The molecule has 3 nitrogen and oxygen atoms in total. The number of halogens is 3. The third kappa shape index (κ3) is 3.05. The first-order valence-corrected chi connectivity index (χ1v) is 6.41. The smallest absolute Gasteiger partial charge is 0.391 e. The van der Waals surface area contributed by atoms with Crippen molar-refractivity contribution in [3.63, 3.8) is 0 Å². The molecule has 0 unspecified atom stereocenters. The minimum absolute atomic E-state index is 0.0517.